The Morgan fingerprint density at radius 3 is 2.52 bits per heavy atom. The van der Waals surface area contributed by atoms with Gasteiger partial charge in [0.15, 0.2) is 17.3 Å². The summed E-state index contributed by atoms with van der Waals surface area (Å²) in [7, 11) is 2.79. The van der Waals surface area contributed by atoms with Crippen LogP contribution < -0.4 is 24.8 Å². The number of para-hydroxylation sites is 1. The van der Waals surface area contributed by atoms with E-state index in [2.05, 4.69) is 10.6 Å². The molecule has 0 saturated heterocycles. The first kappa shape index (κ1) is 33.4. The lowest BCUT2D eigenvalue weighted by Gasteiger charge is -2.38. The van der Waals surface area contributed by atoms with Crippen LogP contribution in [-0.4, -0.2) is 60.6 Å². The van der Waals surface area contributed by atoms with Crippen molar-refractivity contribution in [2.75, 3.05) is 25.8 Å². The molecule has 3 aromatic rings. The zero-order valence-corrected chi connectivity index (χ0v) is 28.4. The fraction of sp³-hybridized carbons (Fsp3) is 0.333. The third-order valence-electron chi connectivity index (χ3n) is 9.40. The van der Waals surface area contributed by atoms with Crippen molar-refractivity contribution in [3.8, 4) is 17.2 Å². The van der Waals surface area contributed by atoms with Crippen LogP contribution in [0.25, 0.3) is 0 Å². The van der Waals surface area contributed by atoms with Crippen molar-refractivity contribution >= 4 is 52.4 Å². The fourth-order valence-electron chi connectivity index (χ4n) is 6.85. The standard InChI is InChI=1S/C36H35ClN2O8S/c1-18-15-25(40)29(33(42)36(18)34(43)30-26(45-2)17-27(46-3)31(37)32(30)47-36)22(19-9-12-21(48-4)13-10-19)16-28(41)38-24-14-11-20-7-5-6-8-23(20)39-35(24)44/h5-10,12-13,17-18,22,24,42H,11,14-16H2,1-4H3,(H,38,41)(H,39,44)/t18-,22?,24?,36+/m1/s1. The highest BCUT2D eigenvalue weighted by Gasteiger charge is 2.61. The summed E-state index contributed by atoms with van der Waals surface area (Å²) in [6.45, 7) is 1.64. The van der Waals surface area contributed by atoms with Crippen molar-refractivity contribution in [1.82, 2.24) is 5.32 Å². The van der Waals surface area contributed by atoms with Crippen molar-refractivity contribution in [2.45, 2.75) is 55.1 Å². The van der Waals surface area contributed by atoms with Gasteiger partial charge in [0.2, 0.25) is 23.2 Å². The van der Waals surface area contributed by atoms with Crippen LogP contribution in [0.15, 0.2) is 70.8 Å². The number of aliphatic hydroxyl groups excluding tert-OH is 1. The molecule has 4 atom stereocenters. The molecule has 0 bridgehead atoms. The molecule has 2 unspecified atom stereocenters. The number of thioether (sulfide) groups is 1. The fourth-order valence-corrected chi connectivity index (χ4v) is 7.52. The average Bonchev–Trinajstić information content (AvgIpc) is 3.31. The summed E-state index contributed by atoms with van der Waals surface area (Å²) in [6, 6.07) is 15.4. The number of rotatable bonds is 8. The van der Waals surface area contributed by atoms with Crippen LogP contribution >= 0.6 is 23.4 Å². The molecular weight excluding hydrogens is 656 g/mol. The number of allylic oxidation sites excluding steroid dienone is 1. The second-order valence-corrected chi connectivity index (χ2v) is 13.3. The van der Waals surface area contributed by atoms with E-state index >= 15 is 0 Å². The van der Waals surface area contributed by atoms with Crippen molar-refractivity contribution < 1.29 is 38.5 Å². The van der Waals surface area contributed by atoms with E-state index in [1.807, 2.05) is 42.7 Å². The summed E-state index contributed by atoms with van der Waals surface area (Å²) in [5, 5.41) is 17.9. The molecule has 250 valence electrons. The quantitative estimate of drug-likeness (QED) is 0.241. The van der Waals surface area contributed by atoms with Gasteiger partial charge >= 0.3 is 0 Å². The Bertz CT molecular complexity index is 1860. The number of anilines is 1. The lowest BCUT2D eigenvalue weighted by atomic mass is 9.69. The first-order valence-corrected chi connectivity index (χ1v) is 17.1. The van der Waals surface area contributed by atoms with E-state index in [0.717, 1.165) is 10.5 Å². The Balaban J connectivity index is 1.40. The molecule has 2 aliphatic heterocycles. The van der Waals surface area contributed by atoms with Gasteiger partial charge in [0.1, 0.15) is 28.1 Å². The molecule has 3 N–H and O–H groups in total. The summed E-state index contributed by atoms with van der Waals surface area (Å²) >= 11 is 8.13. The molecule has 2 amide bonds. The molecule has 0 aromatic heterocycles. The Hall–Kier alpha value is -4.48. The smallest absolute Gasteiger partial charge is 0.246 e. The number of hydrogen-bond acceptors (Lipinski definition) is 9. The molecule has 3 aliphatic rings. The van der Waals surface area contributed by atoms with E-state index in [1.54, 1.807) is 19.1 Å². The van der Waals surface area contributed by atoms with Crippen LogP contribution in [0.4, 0.5) is 5.69 Å². The van der Waals surface area contributed by atoms with Crippen molar-refractivity contribution in [2.24, 2.45) is 5.92 Å². The van der Waals surface area contributed by atoms with Gasteiger partial charge in [-0.2, -0.15) is 0 Å². The minimum atomic E-state index is -2.00. The molecular formula is C36H35ClN2O8S. The highest BCUT2D eigenvalue weighted by atomic mass is 35.5. The molecule has 0 radical (unpaired) electrons. The number of aryl methyl sites for hydroxylation is 1. The molecule has 0 saturated carbocycles. The Labute approximate surface area is 287 Å². The Morgan fingerprint density at radius 1 is 1.12 bits per heavy atom. The number of carbonyl (C=O) groups is 4. The number of Topliss-reactive ketones (excluding diaryl/α,β-unsaturated/α-hetero) is 2. The molecule has 48 heavy (non-hydrogen) atoms. The normalized spacial score (nSPS) is 22.3. The van der Waals surface area contributed by atoms with Crippen molar-refractivity contribution in [1.29, 1.82) is 0 Å². The Morgan fingerprint density at radius 2 is 1.83 bits per heavy atom. The molecule has 12 heteroatoms. The number of fused-ring (bicyclic) bond motifs is 2. The molecule has 2 heterocycles. The van der Waals surface area contributed by atoms with E-state index in [-0.39, 0.29) is 52.2 Å². The number of hydrogen-bond donors (Lipinski definition) is 3. The average molecular weight is 691 g/mol. The van der Waals surface area contributed by atoms with Gasteiger partial charge in [-0.3, -0.25) is 19.2 Å². The van der Waals surface area contributed by atoms with E-state index in [9.17, 15) is 24.3 Å². The predicted octanol–water partition coefficient (Wildman–Crippen LogP) is 6.06. The molecule has 1 aliphatic carbocycles. The van der Waals surface area contributed by atoms with Gasteiger partial charge < -0.3 is 30.0 Å². The molecule has 6 rings (SSSR count). The lowest BCUT2D eigenvalue weighted by molar-refractivity contribution is -0.127. The zero-order chi connectivity index (χ0) is 34.3. The minimum absolute atomic E-state index is 0.0179. The monoisotopic (exact) mass is 690 g/mol. The van der Waals surface area contributed by atoms with Crippen LogP contribution in [-0.2, 0) is 20.8 Å². The summed E-state index contributed by atoms with van der Waals surface area (Å²) in [5.74, 6) is -3.94. The van der Waals surface area contributed by atoms with Gasteiger partial charge in [-0.05, 0) is 48.4 Å². The zero-order valence-electron chi connectivity index (χ0n) is 26.8. The van der Waals surface area contributed by atoms with Gasteiger partial charge in [0, 0.05) is 46.9 Å². The third kappa shape index (κ3) is 5.58. The number of carbonyl (C=O) groups excluding carboxylic acids is 4. The SMILES string of the molecule is COc1cc(OC)c2c(c1Cl)O[C@]1(C2=O)C(O)=C(C(CC(=O)NC2CCc3ccccc3NC2=O)c2ccc(SC)cc2)C(=O)C[C@H]1C. The summed E-state index contributed by atoms with van der Waals surface area (Å²) < 4.78 is 17.2. The van der Waals surface area contributed by atoms with E-state index < -0.39 is 46.7 Å². The number of ether oxygens (including phenoxy) is 3. The van der Waals surface area contributed by atoms with Gasteiger partial charge in [-0.25, -0.2) is 0 Å². The van der Waals surface area contributed by atoms with E-state index in [0.29, 0.717) is 24.1 Å². The highest BCUT2D eigenvalue weighted by Crippen LogP contribution is 2.55. The van der Waals surface area contributed by atoms with Crippen LogP contribution in [0.1, 0.15) is 53.6 Å². The maximum Gasteiger partial charge on any atom is 0.246 e. The molecule has 3 aromatic carbocycles. The van der Waals surface area contributed by atoms with Gasteiger partial charge in [0.05, 0.1) is 14.2 Å². The summed E-state index contributed by atoms with van der Waals surface area (Å²) in [5.41, 5.74) is 0.143. The van der Waals surface area contributed by atoms with Gasteiger partial charge in [0.25, 0.3) is 0 Å². The second-order valence-electron chi connectivity index (χ2n) is 12.1. The first-order chi connectivity index (χ1) is 23.0. The van der Waals surface area contributed by atoms with Crippen LogP contribution in [0.5, 0.6) is 17.2 Å². The van der Waals surface area contributed by atoms with E-state index in [1.165, 1.54) is 32.0 Å². The van der Waals surface area contributed by atoms with Crippen molar-refractivity contribution in [3.05, 3.63) is 87.6 Å². The number of ketones is 2. The largest absolute Gasteiger partial charge is 0.507 e. The maximum atomic E-state index is 14.3. The summed E-state index contributed by atoms with van der Waals surface area (Å²) in [4.78, 5) is 56.1. The lowest BCUT2D eigenvalue weighted by Crippen LogP contribution is -2.53. The van der Waals surface area contributed by atoms with Crippen LogP contribution in [0.3, 0.4) is 0 Å². The number of halogens is 1. The van der Waals surface area contributed by atoms with Gasteiger partial charge in [-0.15, -0.1) is 11.8 Å². The van der Waals surface area contributed by atoms with Crippen LogP contribution in [0, 0.1) is 5.92 Å². The highest BCUT2D eigenvalue weighted by molar-refractivity contribution is 7.98. The van der Waals surface area contributed by atoms with Crippen molar-refractivity contribution in [3.63, 3.8) is 0 Å². The molecule has 10 nitrogen and oxygen atoms in total. The number of methoxy groups -OCH3 is 2. The number of aliphatic hydroxyl groups is 1. The van der Waals surface area contributed by atoms with E-state index in [4.69, 9.17) is 25.8 Å². The third-order valence-corrected chi connectivity index (χ3v) is 10.5. The first-order valence-electron chi connectivity index (χ1n) is 15.5. The topological polar surface area (TPSA) is 140 Å². The number of amides is 2. The molecule has 1 spiro atoms. The number of nitrogens with one attached hydrogen (secondary N) is 2. The number of benzene rings is 3. The van der Waals surface area contributed by atoms with Crippen LogP contribution in [0.2, 0.25) is 5.02 Å². The summed E-state index contributed by atoms with van der Waals surface area (Å²) in [6.07, 6.45) is 2.43. The second kappa shape index (κ2) is 13.2. The molecule has 0 fully saturated rings. The van der Waals surface area contributed by atoms with Gasteiger partial charge in [-0.1, -0.05) is 48.9 Å². The maximum absolute atomic E-state index is 14.3. The predicted molar refractivity (Wildman–Crippen MR) is 182 cm³/mol. The minimum Gasteiger partial charge on any atom is -0.507 e. The Kier molecular flexibility index (Phi) is 9.19.